The molecule has 80 valence electrons. The van der Waals surface area contributed by atoms with Gasteiger partial charge in [-0.25, -0.2) is 0 Å². The van der Waals surface area contributed by atoms with Crippen LogP contribution in [0.2, 0.25) is 0 Å². The van der Waals surface area contributed by atoms with E-state index in [0.717, 1.165) is 0 Å². The van der Waals surface area contributed by atoms with Gasteiger partial charge in [-0.2, -0.15) is 0 Å². The molecule has 3 aliphatic rings. The fraction of sp³-hybridized carbons (Fsp3) is 0.700. The van der Waals surface area contributed by atoms with Crippen molar-refractivity contribution in [3.05, 3.63) is 0 Å². The van der Waals surface area contributed by atoms with Gasteiger partial charge in [0, 0.05) is 6.54 Å². The van der Waals surface area contributed by atoms with Crippen LogP contribution in [0.5, 0.6) is 0 Å². The summed E-state index contributed by atoms with van der Waals surface area (Å²) in [5.41, 5.74) is -0.817. The molecule has 1 heterocycles. The number of carboxylic acid groups (broad SMARTS) is 1. The third-order valence-electron chi connectivity index (χ3n) is 3.72. The molecule has 2 atom stereocenters. The molecule has 2 unspecified atom stereocenters. The highest BCUT2D eigenvalue weighted by atomic mass is 16.4. The maximum Gasteiger partial charge on any atom is 0.311 e. The number of amides is 2. The highest BCUT2D eigenvalue weighted by molar-refractivity contribution is 6.09. The standard InChI is InChI=1S/C10H11NO4/c12-7-5-3-6(5)8(13)11(7)4-10(1-2-10)9(14)15/h5-6H,1-4H2,(H,14,15). The van der Waals surface area contributed by atoms with Crippen molar-refractivity contribution in [2.24, 2.45) is 17.3 Å². The lowest BCUT2D eigenvalue weighted by Gasteiger charge is -2.20. The number of carboxylic acids is 1. The van der Waals surface area contributed by atoms with Crippen molar-refractivity contribution in [1.29, 1.82) is 0 Å². The largest absolute Gasteiger partial charge is 0.481 e. The molecule has 0 aromatic carbocycles. The lowest BCUT2D eigenvalue weighted by Crippen LogP contribution is -2.40. The average Bonchev–Trinajstić information content (AvgIpc) is 3.04. The van der Waals surface area contributed by atoms with Crippen molar-refractivity contribution in [3.63, 3.8) is 0 Å². The first-order chi connectivity index (χ1) is 7.05. The van der Waals surface area contributed by atoms with Gasteiger partial charge in [0.2, 0.25) is 11.8 Å². The van der Waals surface area contributed by atoms with Gasteiger partial charge in [-0.15, -0.1) is 0 Å². The molecule has 0 aromatic heterocycles. The SMILES string of the molecule is O=C1C2CC2C(=O)N1CC1(C(=O)O)CC1. The number of carbonyl (C=O) groups excluding carboxylic acids is 2. The molecule has 5 nitrogen and oxygen atoms in total. The van der Waals surface area contributed by atoms with Gasteiger partial charge >= 0.3 is 5.97 Å². The van der Waals surface area contributed by atoms with E-state index in [1.807, 2.05) is 0 Å². The number of nitrogens with zero attached hydrogens (tertiary/aromatic N) is 1. The Bertz CT molecular complexity index is 365. The first-order valence-electron chi connectivity index (χ1n) is 5.14. The van der Waals surface area contributed by atoms with Crippen LogP contribution in [-0.2, 0) is 14.4 Å². The smallest absolute Gasteiger partial charge is 0.311 e. The molecule has 2 aliphatic carbocycles. The molecular weight excluding hydrogens is 198 g/mol. The van der Waals surface area contributed by atoms with Crippen LogP contribution in [0.25, 0.3) is 0 Å². The number of hydrogen-bond acceptors (Lipinski definition) is 3. The van der Waals surface area contributed by atoms with Crippen LogP contribution in [0.1, 0.15) is 19.3 Å². The van der Waals surface area contributed by atoms with E-state index in [9.17, 15) is 14.4 Å². The van der Waals surface area contributed by atoms with Crippen LogP contribution < -0.4 is 0 Å². The number of imide groups is 1. The molecule has 3 fully saturated rings. The number of likely N-dealkylation sites (tertiary alicyclic amines) is 1. The molecule has 3 rings (SSSR count). The minimum Gasteiger partial charge on any atom is -0.481 e. The third-order valence-corrected chi connectivity index (χ3v) is 3.72. The van der Waals surface area contributed by atoms with Crippen molar-refractivity contribution in [2.75, 3.05) is 6.54 Å². The lowest BCUT2D eigenvalue weighted by molar-refractivity contribution is -0.148. The summed E-state index contributed by atoms with van der Waals surface area (Å²) in [4.78, 5) is 35.3. The van der Waals surface area contributed by atoms with Crippen LogP contribution in [0, 0.1) is 17.3 Å². The Balaban J connectivity index is 1.77. The Morgan fingerprint density at radius 2 is 1.87 bits per heavy atom. The van der Waals surface area contributed by atoms with Crippen molar-refractivity contribution >= 4 is 17.8 Å². The lowest BCUT2D eigenvalue weighted by atomic mass is 10.1. The van der Waals surface area contributed by atoms with Gasteiger partial charge in [0.25, 0.3) is 0 Å². The van der Waals surface area contributed by atoms with Crippen molar-refractivity contribution in [1.82, 2.24) is 4.90 Å². The van der Waals surface area contributed by atoms with Crippen LogP contribution in [0.15, 0.2) is 0 Å². The first kappa shape index (κ1) is 8.88. The number of rotatable bonds is 3. The highest BCUT2D eigenvalue weighted by Gasteiger charge is 2.62. The number of fused-ring (bicyclic) bond motifs is 1. The summed E-state index contributed by atoms with van der Waals surface area (Å²) >= 11 is 0. The number of piperidine rings is 1. The maximum atomic E-state index is 11.6. The van der Waals surface area contributed by atoms with Crippen LogP contribution in [0.4, 0.5) is 0 Å². The van der Waals surface area contributed by atoms with E-state index in [4.69, 9.17) is 5.11 Å². The summed E-state index contributed by atoms with van der Waals surface area (Å²) in [5.74, 6) is -1.44. The predicted molar refractivity (Wildman–Crippen MR) is 47.6 cm³/mol. The van der Waals surface area contributed by atoms with E-state index < -0.39 is 11.4 Å². The molecule has 1 aliphatic heterocycles. The Labute approximate surface area is 86.0 Å². The minimum absolute atomic E-state index is 0.0903. The summed E-state index contributed by atoms with van der Waals surface area (Å²) in [5, 5.41) is 8.96. The quantitative estimate of drug-likeness (QED) is 0.656. The number of aliphatic carboxylic acids is 1. The normalized spacial score (nSPS) is 35.3. The average molecular weight is 209 g/mol. The van der Waals surface area contributed by atoms with Crippen LogP contribution >= 0.6 is 0 Å². The van der Waals surface area contributed by atoms with Crippen molar-refractivity contribution in [2.45, 2.75) is 19.3 Å². The second-order valence-electron chi connectivity index (χ2n) is 4.80. The summed E-state index contributed by atoms with van der Waals surface area (Å²) in [6.07, 6.45) is 1.83. The zero-order valence-electron chi connectivity index (χ0n) is 8.10. The van der Waals surface area contributed by atoms with Gasteiger partial charge in [0.15, 0.2) is 0 Å². The molecule has 2 saturated carbocycles. The van der Waals surface area contributed by atoms with E-state index in [0.29, 0.717) is 19.3 Å². The van der Waals surface area contributed by atoms with Crippen molar-refractivity contribution < 1.29 is 19.5 Å². The van der Waals surface area contributed by atoms with Gasteiger partial charge in [0.1, 0.15) is 0 Å². The molecule has 0 bridgehead atoms. The maximum absolute atomic E-state index is 11.6. The molecule has 0 spiro atoms. The third kappa shape index (κ3) is 1.06. The molecule has 2 amide bonds. The van der Waals surface area contributed by atoms with E-state index in [-0.39, 0.29) is 30.2 Å². The Morgan fingerprint density at radius 3 is 2.27 bits per heavy atom. The van der Waals surface area contributed by atoms with Gasteiger partial charge in [-0.05, 0) is 19.3 Å². The topological polar surface area (TPSA) is 74.7 Å². The van der Waals surface area contributed by atoms with Gasteiger partial charge in [-0.1, -0.05) is 0 Å². The Morgan fingerprint density at radius 1 is 1.33 bits per heavy atom. The van der Waals surface area contributed by atoms with Gasteiger partial charge in [-0.3, -0.25) is 19.3 Å². The second-order valence-corrected chi connectivity index (χ2v) is 4.80. The fourth-order valence-corrected chi connectivity index (χ4v) is 2.30. The number of carbonyl (C=O) groups is 3. The number of hydrogen-bond donors (Lipinski definition) is 1. The fourth-order valence-electron chi connectivity index (χ4n) is 2.30. The van der Waals surface area contributed by atoms with Crippen molar-refractivity contribution in [3.8, 4) is 0 Å². The minimum atomic E-state index is -0.885. The Kier molecular flexibility index (Phi) is 1.42. The van der Waals surface area contributed by atoms with Crippen LogP contribution in [0.3, 0.4) is 0 Å². The van der Waals surface area contributed by atoms with E-state index in [1.165, 1.54) is 4.90 Å². The summed E-state index contributed by atoms with van der Waals surface area (Å²) < 4.78 is 0. The molecule has 0 radical (unpaired) electrons. The monoisotopic (exact) mass is 209 g/mol. The molecule has 1 saturated heterocycles. The zero-order chi connectivity index (χ0) is 10.8. The molecule has 5 heteroatoms. The molecular formula is C10H11NO4. The second kappa shape index (κ2) is 2.40. The Hall–Kier alpha value is -1.39. The highest BCUT2D eigenvalue weighted by Crippen LogP contribution is 2.52. The van der Waals surface area contributed by atoms with E-state index in [1.54, 1.807) is 0 Å². The molecule has 15 heavy (non-hydrogen) atoms. The van der Waals surface area contributed by atoms with E-state index in [2.05, 4.69) is 0 Å². The summed E-state index contributed by atoms with van der Waals surface area (Å²) in [6, 6.07) is 0. The summed E-state index contributed by atoms with van der Waals surface area (Å²) in [6.45, 7) is 0.0903. The molecule has 0 aromatic rings. The van der Waals surface area contributed by atoms with Gasteiger partial charge in [0.05, 0.1) is 17.3 Å². The van der Waals surface area contributed by atoms with Gasteiger partial charge < -0.3 is 5.11 Å². The first-order valence-corrected chi connectivity index (χ1v) is 5.14. The summed E-state index contributed by atoms with van der Waals surface area (Å²) in [7, 11) is 0. The predicted octanol–water partition coefficient (Wildman–Crippen LogP) is -0.144. The zero-order valence-corrected chi connectivity index (χ0v) is 8.10. The van der Waals surface area contributed by atoms with Crippen LogP contribution in [-0.4, -0.2) is 34.3 Å². The van der Waals surface area contributed by atoms with E-state index >= 15 is 0 Å². The molecule has 1 N–H and O–H groups in total.